The Morgan fingerprint density at radius 3 is 1.00 bits per heavy atom. The number of aliphatic carboxylic acids is 2. The summed E-state index contributed by atoms with van der Waals surface area (Å²) in [6, 6.07) is 0. The molecule has 214 valence electrons. The molecule has 0 fully saturated rings. The minimum Gasteiger partial charge on any atom is -0.481 e. The largest absolute Gasteiger partial charge is 0.481 e. The number of carboxylic acids is 2. The zero-order valence-corrected chi connectivity index (χ0v) is 23.2. The van der Waals surface area contributed by atoms with E-state index in [0.717, 1.165) is 77.0 Å². The van der Waals surface area contributed by atoms with Crippen LogP contribution in [0.4, 0.5) is 0 Å². The predicted octanol–water partition coefficient (Wildman–Crippen LogP) is 5.12. The molecular formula is C23H47NO10P2. The zero-order valence-electron chi connectivity index (χ0n) is 21.4. The average molecular weight is 560 g/mol. The normalized spacial score (nSPS) is 12.5. The number of hydrogen-bond acceptors (Lipinski definition) is 5. The van der Waals surface area contributed by atoms with E-state index in [1.54, 1.807) is 0 Å². The van der Waals surface area contributed by atoms with Crippen LogP contribution in [0.25, 0.3) is 0 Å². The number of rotatable bonds is 25. The van der Waals surface area contributed by atoms with E-state index >= 15 is 0 Å². The molecule has 13 heteroatoms. The molecule has 0 spiro atoms. The maximum Gasteiger partial charge on any atom is 0.354 e. The standard InChI is InChI=1S/C23H47NO10P2/c25-21(26)17-13-9-5-1-3-7-11-15-19-24(23(35(29,30)31)36(32,33)34)20-16-12-8-4-2-6-10-14-18-22(27)28/h23H,1-20H2,(H,25,26)(H,27,28)(H2,29,30,31)(H2,32,33,34). The molecule has 0 unspecified atom stereocenters. The molecular weight excluding hydrogens is 512 g/mol. The molecule has 0 aromatic heterocycles. The Morgan fingerprint density at radius 1 is 0.500 bits per heavy atom. The molecule has 0 aromatic rings. The molecule has 11 nitrogen and oxygen atoms in total. The third-order valence-electron chi connectivity index (χ3n) is 6.10. The molecule has 0 aliphatic heterocycles. The number of nitrogens with zero attached hydrogens (tertiary/aromatic N) is 1. The molecule has 36 heavy (non-hydrogen) atoms. The van der Waals surface area contributed by atoms with Crippen molar-refractivity contribution in [3.05, 3.63) is 0 Å². The van der Waals surface area contributed by atoms with E-state index in [1.807, 2.05) is 0 Å². The van der Waals surface area contributed by atoms with Gasteiger partial charge in [-0.1, -0.05) is 77.0 Å². The van der Waals surface area contributed by atoms with E-state index in [1.165, 1.54) is 4.90 Å². The van der Waals surface area contributed by atoms with Gasteiger partial charge in [-0.3, -0.25) is 23.6 Å². The lowest BCUT2D eigenvalue weighted by atomic mass is 10.1. The lowest BCUT2D eigenvalue weighted by Crippen LogP contribution is -2.36. The summed E-state index contributed by atoms with van der Waals surface area (Å²) >= 11 is 0. The van der Waals surface area contributed by atoms with Crippen LogP contribution in [0.1, 0.15) is 116 Å². The minimum atomic E-state index is -5.04. The highest BCUT2D eigenvalue weighted by Gasteiger charge is 2.47. The predicted molar refractivity (Wildman–Crippen MR) is 138 cm³/mol. The smallest absolute Gasteiger partial charge is 0.354 e. The Kier molecular flexibility index (Phi) is 19.8. The third kappa shape index (κ3) is 20.3. The van der Waals surface area contributed by atoms with Crippen molar-refractivity contribution < 1.29 is 48.5 Å². The molecule has 0 aromatic carbocycles. The van der Waals surface area contributed by atoms with Crippen LogP contribution < -0.4 is 0 Å². The van der Waals surface area contributed by atoms with Gasteiger partial charge in [-0.25, -0.2) is 0 Å². The van der Waals surface area contributed by atoms with Gasteiger partial charge in [0.05, 0.1) is 0 Å². The van der Waals surface area contributed by atoms with Crippen LogP contribution in [0.2, 0.25) is 0 Å². The van der Waals surface area contributed by atoms with Gasteiger partial charge in [-0.2, -0.15) is 0 Å². The number of unbranched alkanes of at least 4 members (excludes halogenated alkanes) is 14. The molecule has 0 rings (SSSR count). The molecule has 0 radical (unpaired) electrons. The van der Waals surface area contributed by atoms with E-state index in [9.17, 15) is 38.3 Å². The maximum atomic E-state index is 11.9. The first-order valence-corrected chi connectivity index (χ1v) is 16.5. The summed E-state index contributed by atoms with van der Waals surface area (Å²) in [7, 11) is -10.1. The highest BCUT2D eigenvalue weighted by Crippen LogP contribution is 2.61. The summed E-state index contributed by atoms with van der Waals surface area (Å²) < 4.78 is 23.8. The van der Waals surface area contributed by atoms with Crippen molar-refractivity contribution in [3.63, 3.8) is 0 Å². The van der Waals surface area contributed by atoms with Crippen molar-refractivity contribution in [1.29, 1.82) is 0 Å². The van der Waals surface area contributed by atoms with Gasteiger partial charge in [0.25, 0.3) is 0 Å². The van der Waals surface area contributed by atoms with E-state index in [-0.39, 0.29) is 25.9 Å². The fourth-order valence-electron chi connectivity index (χ4n) is 4.27. The Morgan fingerprint density at radius 2 is 0.750 bits per heavy atom. The van der Waals surface area contributed by atoms with Crippen LogP contribution in [0.5, 0.6) is 0 Å². The topological polar surface area (TPSA) is 193 Å². The summed E-state index contributed by atoms with van der Waals surface area (Å²) in [6.07, 6.45) is 13.8. The van der Waals surface area contributed by atoms with Gasteiger partial charge in [-0.05, 0) is 38.8 Å². The molecule has 0 amide bonds. The monoisotopic (exact) mass is 559 g/mol. The molecule has 0 atom stereocenters. The Balaban J connectivity index is 4.37. The van der Waals surface area contributed by atoms with E-state index < -0.39 is 32.7 Å². The van der Waals surface area contributed by atoms with Gasteiger partial charge in [0, 0.05) is 12.8 Å². The third-order valence-corrected chi connectivity index (χ3v) is 9.76. The highest BCUT2D eigenvalue weighted by atomic mass is 31.2. The quantitative estimate of drug-likeness (QED) is 0.0642. The molecule has 0 aliphatic carbocycles. The van der Waals surface area contributed by atoms with Crippen molar-refractivity contribution >= 4 is 27.1 Å². The summed E-state index contributed by atoms with van der Waals surface area (Å²) in [6.45, 7) is 0.395. The highest BCUT2D eigenvalue weighted by molar-refractivity contribution is 7.70. The fourth-order valence-corrected chi connectivity index (χ4v) is 7.15. The van der Waals surface area contributed by atoms with Gasteiger partial charge in [0.2, 0.25) is 5.52 Å². The summed E-state index contributed by atoms with van der Waals surface area (Å²) in [5, 5.41) is 17.2. The van der Waals surface area contributed by atoms with Crippen molar-refractivity contribution in [1.82, 2.24) is 4.90 Å². The molecule has 0 heterocycles. The number of hydrogen-bond donors (Lipinski definition) is 6. The van der Waals surface area contributed by atoms with Crippen LogP contribution in [0.3, 0.4) is 0 Å². The first kappa shape index (κ1) is 35.2. The first-order valence-electron chi connectivity index (χ1n) is 13.1. The van der Waals surface area contributed by atoms with Crippen LogP contribution in [0, 0.1) is 0 Å². The van der Waals surface area contributed by atoms with Gasteiger partial charge >= 0.3 is 27.1 Å². The Labute approximate surface area is 215 Å². The van der Waals surface area contributed by atoms with Crippen LogP contribution in [0.15, 0.2) is 0 Å². The van der Waals surface area contributed by atoms with E-state index in [2.05, 4.69) is 0 Å². The lowest BCUT2D eigenvalue weighted by Gasteiger charge is -2.32. The van der Waals surface area contributed by atoms with Crippen molar-refractivity contribution in [2.45, 2.75) is 121 Å². The molecule has 0 saturated carbocycles. The van der Waals surface area contributed by atoms with Crippen LogP contribution in [-0.4, -0.2) is 65.2 Å². The second-order valence-electron chi connectivity index (χ2n) is 9.50. The zero-order chi connectivity index (χ0) is 27.5. The average Bonchev–Trinajstić information content (AvgIpc) is 2.73. The maximum absolute atomic E-state index is 11.9. The number of carboxylic acid groups (broad SMARTS) is 2. The molecule has 0 bridgehead atoms. The van der Waals surface area contributed by atoms with Crippen molar-refractivity contribution in [3.8, 4) is 0 Å². The fraction of sp³-hybridized carbons (Fsp3) is 0.913. The van der Waals surface area contributed by atoms with Crippen molar-refractivity contribution in [2.75, 3.05) is 13.1 Å². The second kappa shape index (κ2) is 20.2. The molecule has 0 aliphatic rings. The first-order chi connectivity index (χ1) is 16.9. The Bertz CT molecular complexity index is 638. The van der Waals surface area contributed by atoms with E-state index in [0.29, 0.717) is 25.7 Å². The number of carbonyl (C=O) groups is 2. The Hall–Kier alpha value is -0.800. The summed E-state index contributed by atoms with van der Waals surface area (Å²) in [5.74, 6) is -1.57. The van der Waals surface area contributed by atoms with Crippen LogP contribution >= 0.6 is 15.2 Å². The van der Waals surface area contributed by atoms with E-state index in [4.69, 9.17) is 10.2 Å². The second-order valence-corrected chi connectivity index (χ2v) is 13.2. The summed E-state index contributed by atoms with van der Waals surface area (Å²) in [5.41, 5.74) is -2.12. The lowest BCUT2D eigenvalue weighted by molar-refractivity contribution is -0.138. The molecule has 6 N–H and O–H groups in total. The van der Waals surface area contributed by atoms with Gasteiger partial charge in [0.15, 0.2) is 0 Å². The van der Waals surface area contributed by atoms with Gasteiger partial charge in [0.1, 0.15) is 0 Å². The van der Waals surface area contributed by atoms with Gasteiger partial charge in [-0.15, -0.1) is 0 Å². The van der Waals surface area contributed by atoms with Crippen molar-refractivity contribution in [2.24, 2.45) is 0 Å². The SMILES string of the molecule is O=C(O)CCCCCCCCCCN(CCCCCCCCCCC(=O)O)C(P(=O)(O)O)P(=O)(O)O. The molecule has 0 saturated heterocycles. The van der Waals surface area contributed by atoms with Gasteiger partial charge < -0.3 is 29.8 Å². The van der Waals surface area contributed by atoms with Crippen LogP contribution in [-0.2, 0) is 18.7 Å². The minimum absolute atomic E-state index is 0.185. The summed E-state index contributed by atoms with van der Waals surface area (Å²) in [4.78, 5) is 60.8.